The molecule has 0 spiro atoms. The van der Waals surface area contributed by atoms with Crippen molar-refractivity contribution in [2.75, 3.05) is 20.3 Å². The number of aldehydes is 1. The minimum Gasteiger partial charge on any atom is -0.383 e. The Bertz CT molecular complexity index is 307. The van der Waals surface area contributed by atoms with Gasteiger partial charge in [0.25, 0.3) is 0 Å². The molecule has 1 fully saturated rings. The van der Waals surface area contributed by atoms with Crippen LogP contribution in [0.15, 0.2) is 0 Å². The molecule has 22 heavy (non-hydrogen) atoms. The maximum absolute atomic E-state index is 12.2. The van der Waals surface area contributed by atoms with Crippen molar-refractivity contribution < 1.29 is 14.3 Å². The normalized spacial score (nSPS) is 17.9. The molecule has 0 N–H and O–H groups in total. The Balaban J connectivity index is 1.95. The predicted molar refractivity (Wildman–Crippen MR) is 88.8 cm³/mol. The van der Waals surface area contributed by atoms with E-state index in [0.29, 0.717) is 31.4 Å². The van der Waals surface area contributed by atoms with E-state index in [9.17, 15) is 9.59 Å². The van der Waals surface area contributed by atoms with Crippen molar-refractivity contribution in [1.29, 1.82) is 0 Å². The van der Waals surface area contributed by atoms with Crippen molar-refractivity contribution in [2.45, 2.75) is 83.1 Å². The van der Waals surface area contributed by atoms with Crippen LogP contribution in [0.5, 0.6) is 0 Å². The van der Waals surface area contributed by atoms with Gasteiger partial charge in [-0.25, -0.2) is 0 Å². The summed E-state index contributed by atoms with van der Waals surface area (Å²) in [4.78, 5) is 24.4. The van der Waals surface area contributed by atoms with Crippen LogP contribution in [-0.2, 0) is 14.3 Å². The highest BCUT2D eigenvalue weighted by atomic mass is 16.5. The molecule has 1 heterocycles. The van der Waals surface area contributed by atoms with Gasteiger partial charge in [0, 0.05) is 26.5 Å². The number of carbonyl (C=O) groups is 2. The molecule has 0 aromatic rings. The molecule has 1 atom stereocenters. The largest absolute Gasteiger partial charge is 0.383 e. The highest BCUT2D eigenvalue weighted by Crippen LogP contribution is 2.19. The second-order valence-corrected chi connectivity index (χ2v) is 6.37. The smallest absolute Gasteiger partial charge is 0.222 e. The lowest BCUT2D eigenvalue weighted by Gasteiger charge is -2.24. The number of rotatable bonds is 13. The molecule has 1 saturated heterocycles. The Labute approximate surface area is 135 Å². The molecular weight excluding hydrogens is 278 g/mol. The number of hydrogen-bond acceptors (Lipinski definition) is 3. The number of ether oxygens (including phenoxy) is 1. The van der Waals surface area contributed by atoms with Gasteiger partial charge in [0.1, 0.15) is 6.29 Å². The van der Waals surface area contributed by atoms with Gasteiger partial charge in [-0.3, -0.25) is 4.79 Å². The number of nitrogens with zero attached hydrogens (tertiary/aromatic N) is 1. The van der Waals surface area contributed by atoms with Crippen LogP contribution < -0.4 is 0 Å². The van der Waals surface area contributed by atoms with Crippen molar-refractivity contribution >= 4 is 12.2 Å². The first-order valence-corrected chi connectivity index (χ1v) is 9.01. The van der Waals surface area contributed by atoms with E-state index in [0.717, 1.165) is 44.9 Å². The van der Waals surface area contributed by atoms with Crippen LogP contribution in [0.1, 0.15) is 77.0 Å². The molecule has 1 amide bonds. The number of likely N-dealkylation sites (tertiary alicyclic amines) is 1. The fraction of sp³-hybridized carbons (Fsp3) is 0.889. The number of methoxy groups -OCH3 is 1. The van der Waals surface area contributed by atoms with Crippen LogP contribution in [-0.4, -0.2) is 43.4 Å². The first-order chi connectivity index (χ1) is 10.8. The molecule has 0 aromatic heterocycles. The minimum atomic E-state index is 0.309. The molecule has 4 nitrogen and oxygen atoms in total. The first kappa shape index (κ1) is 19.1. The van der Waals surface area contributed by atoms with Gasteiger partial charge in [-0.15, -0.1) is 0 Å². The molecule has 0 radical (unpaired) electrons. The Morgan fingerprint density at radius 1 is 1.09 bits per heavy atom. The molecule has 0 saturated carbocycles. The number of unbranched alkanes of at least 4 members (excludes halogenated alkanes) is 8. The third kappa shape index (κ3) is 7.92. The molecule has 0 bridgehead atoms. The van der Waals surface area contributed by atoms with Gasteiger partial charge >= 0.3 is 0 Å². The lowest BCUT2D eigenvalue weighted by Crippen LogP contribution is -2.37. The summed E-state index contributed by atoms with van der Waals surface area (Å²) < 4.78 is 5.20. The summed E-state index contributed by atoms with van der Waals surface area (Å²) in [5.74, 6) is 0.313. The van der Waals surface area contributed by atoms with Crippen LogP contribution in [0.3, 0.4) is 0 Å². The minimum absolute atomic E-state index is 0.309. The fourth-order valence-electron chi connectivity index (χ4n) is 3.24. The van der Waals surface area contributed by atoms with Crippen LogP contribution in [0, 0.1) is 0 Å². The number of carbonyl (C=O) groups excluding carboxylic acids is 2. The van der Waals surface area contributed by atoms with E-state index in [1.807, 2.05) is 4.90 Å². The highest BCUT2D eigenvalue weighted by Gasteiger charge is 2.27. The second-order valence-electron chi connectivity index (χ2n) is 6.37. The molecular formula is C18H33NO3. The molecule has 128 valence electrons. The highest BCUT2D eigenvalue weighted by molar-refractivity contribution is 5.76. The molecule has 1 aliphatic rings. The molecule has 0 aromatic carbocycles. The third-order valence-corrected chi connectivity index (χ3v) is 4.52. The van der Waals surface area contributed by atoms with E-state index in [4.69, 9.17) is 4.74 Å². The van der Waals surface area contributed by atoms with Crippen molar-refractivity contribution in [3.8, 4) is 0 Å². The summed E-state index contributed by atoms with van der Waals surface area (Å²) in [5, 5.41) is 0. The summed E-state index contributed by atoms with van der Waals surface area (Å²) in [6, 6.07) is 0.309. The third-order valence-electron chi connectivity index (χ3n) is 4.52. The average Bonchev–Trinajstić information content (AvgIpc) is 2.98. The molecule has 1 aliphatic heterocycles. The predicted octanol–water partition coefficient (Wildman–Crippen LogP) is 3.72. The summed E-state index contributed by atoms with van der Waals surface area (Å²) in [6.07, 6.45) is 14.0. The van der Waals surface area contributed by atoms with Crippen LogP contribution >= 0.6 is 0 Å². The van der Waals surface area contributed by atoms with Crippen LogP contribution in [0.4, 0.5) is 0 Å². The average molecular weight is 311 g/mol. The second kappa shape index (κ2) is 12.6. The van der Waals surface area contributed by atoms with Crippen molar-refractivity contribution in [2.24, 2.45) is 0 Å². The zero-order valence-corrected chi connectivity index (χ0v) is 14.2. The number of hydrogen-bond donors (Lipinski definition) is 0. The van der Waals surface area contributed by atoms with E-state index < -0.39 is 0 Å². The van der Waals surface area contributed by atoms with Crippen molar-refractivity contribution in [3.05, 3.63) is 0 Å². The fourth-order valence-corrected chi connectivity index (χ4v) is 3.24. The quantitative estimate of drug-likeness (QED) is 0.385. The summed E-state index contributed by atoms with van der Waals surface area (Å²) in [6.45, 7) is 1.59. The zero-order chi connectivity index (χ0) is 16.0. The summed E-state index contributed by atoms with van der Waals surface area (Å²) in [7, 11) is 1.71. The lowest BCUT2D eigenvalue weighted by atomic mass is 10.1. The van der Waals surface area contributed by atoms with Crippen LogP contribution in [0.2, 0.25) is 0 Å². The van der Waals surface area contributed by atoms with Gasteiger partial charge in [-0.05, 0) is 25.7 Å². The van der Waals surface area contributed by atoms with E-state index in [1.54, 1.807) is 7.11 Å². The van der Waals surface area contributed by atoms with E-state index in [-0.39, 0.29) is 0 Å². The van der Waals surface area contributed by atoms with Gasteiger partial charge in [0.15, 0.2) is 0 Å². The maximum Gasteiger partial charge on any atom is 0.222 e. The monoisotopic (exact) mass is 311 g/mol. The van der Waals surface area contributed by atoms with Gasteiger partial charge < -0.3 is 14.4 Å². The van der Waals surface area contributed by atoms with Gasteiger partial charge in [0.2, 0.25) is 5.91 Å². The Morgan fingerprint density at radius 3 is 2.36 bits per heavy atom. The van der Waals surface area contributed by atoms with Gasteiger partial charge in [-0.1, -0.05) is 38.5 Å². The summed E-state index contributed by atoms with van der Waals surface area (Å²) >= 11 is 0. The van der Waals surface area contributed by atoms with Crippen LogP contribution in [0.25, 0.3) is 0 Å². The SMILES string of the molecule is COCC1CCCN1C(=O)CCCCCCCCCCC=O. The van der Waals surface area contributed by atoms with E-state index >= 15 is 0 Å². The Hall–Kier alpha value is -0.900. The van der Waals surface area contributed by atoms with E-state index in [2.05, 4.69) is 0 Å². The maximum atomic E-state index is 12.2. The Morgan fingerprint density at radius 2 is 1.73 bits per heavy atom. The van der Waals surface area contributed by atoms with E-state index in [1.165, 1.54) is 32.1 Å². The molecule has 4 heteroatoms. The van der Waals surface area contributed by atoms with Gasteiger partial charge in [0.05, 0.1) is 12.6 Å². The zero-order valence-electron chi connectivity index (χ0n) is 14.2. The topological polar surface area (TPSA) is 46.6 Å². The summed E-state index contributed by atoms with van der Waals surface area (Å²) in [5.41, 5.74) is 0. The van der Waals surface area contributed by atoms with Gasteiger partial charge in [-0.2, -0.15) is 0 Å². The van der Waals surface area contributed by atoms with Crippen molar-refractivity contribution in [3.63, 3.8) is 0 Å². The first-order valence-electron chi connectivity index (χ1n) is 9.01. The standard InChI is InChI=1S/C18H33NO3/c1-22-16-17-12-11-14-19(17)18(21)13-9-7-5-3-2-4-6-8-10-15-20/h15,17H,2-14,16H2,1H3. The molecule has 0 aliphatic carbocycles. The molecule has 1 rings (SSSR count). The lowest BCUT2D eigenvalue weighted by molar-refractivity contribution is -0.133. The molecule has 1 unspecified atom stereocenters. The number of amides is 1. The Kier molecular flexibility index (Phi) is 11.0. The van der Waals surface area contributed by atoms with Crippen molar-refractivity contribution in [1.82, 2.24) is 4.90 Å².